The number of hydrogen-bond donors (Lipinski definition) is 0. The Morgan fingerprint density at radius 2 is 1.65 bits per heavy atom. The van der Waals surface area contributed by atoms with E-state index in [2.05, 4.69) is 10.2 Å². The number of ether oxygens (including phenoxy) is 1. The molecule has 0 unspecified atom stereocenters. The van der Waals surface area contributed by atoms with Gasteiger partial charge >= 0.3 is 5.97 Å². The minimum absolute atomic E-state index is 0.0938. The van der Waals surface area contributed by atoms with E-state index in [1.807, 2.05) is 12.1 Å². The van der Waals surface area contributed by atoms with E-state index in [0.717, 1.165) is 36.9 Å². The van der Waals surface area contributed by atoms with Crippen LogP contribution in [0.25, 0.3) is 0 Å². The highest BCUT2D eigenvalue weighted by Crippen LogP contribution is 2.36. The lowest BCUT2D eigenvalue weighted by molar-refractivity contribution is 0.0734. The van der Waals surface area contributed by atoms with Crippen LogP contribution in [0.5, 0.6) is 5.75 Å². The zero-order valence-electron chi connectivity index (χ0n) is 14.7. The molecule has 2 aromatic rings. The minimum Gasteiger partial charge on any atom is -0.423 e. The molecule has 0 N–H and O–H groups in total. The first-order valence-electron chi connectivity index (χ1n) is 8.90. The fourth-order valence-corrected chi connectivity index (χ4v) is 3.85. The number of carbonyl (C=O) groups is 1. The van der Waals surface area contributed by atoms with Crippen molar-refractivity contribution in [3.05, 3.63) is 64.7 Å². The summed E-state index contributed by atoms with van der Waals surface area (Å²) in [6.45, 7) is 1.33. The molecule has 3 rings (SSSR count). The Labute approximate surface area is 156 Å². The SMILES string of the molecule is Cc1c(F)cc(OC(=O)c2ccc(C3CCC(C[Si])CC3)cc2)cc1F. The van der Waals surface area contributed by atoms with Gasteiger partial charge in [-0.05, 0) is 49.3 Å². The topological polar surface area (TPSA) is 26.3 Å². The van der Waals surface area contributed by atoms with Crippen LogP contribution < -0.4 is 4.74 Å². The van der Waals surface area contributed by atoms with Crippen LogP contribution in [-0.2, 0) is 0 Å². The minimum atomic E-state index is -0.734. The summed E-state index contributed by atoms with van der Waals surface area (Å²) in [6, 6.07) is 10.4. The molecule has 1 aliphatic carbocycles. The van der Waals surface area contributed by atoms with Gasteiger partial charge in [0.25, 0.3) is 0 Å². The zero-order chi connectivity index (χ0) is 18.7. The van der Waals surface area contributed by atoms with E-state index >= 15 is 0 Å². The number of hydrogen-bond acceptors (Lipinski definition) is 2. The lowest BCUT2D eigenvalue weighted by Crippen LogP contribution is -2.13. The van der Waals surface area contributed by atoms with Crippen LogP contribution >= 0.6 is 0 Å². The van der Waals surface area contributed by atoms with Gasteiger partial charge in [0.15, 0.2) is 0 Å². The highest BCUT2D eigenvalue weighted by molar-refractivity contribution is 6.08. The fraction of sp³-hybridized carbons (Fsp3) is 0.381. The van der Waals surface area contributed by atoms with Crippen molar-refractivity contribution in [3.63, 3.8) is 0 Å². The third kappa shape index (κ3) is 4.21. The summed E-state index contributed by atoms with van der Waals surface area (Å²) in [5.41, 5.74) is 1.49. The van der Waals surface area contributed by atoms with Crippen LogP contribution in [0.1, 0.15) is 53.1 Å². The van der Waals surface area contributed by atoms with Crippen LogP contribution in [0.3, 0.4) is 0 Å². The number of carbonyl (C=O) groups excluding carboxylic acids is 1. The first-order chi connectivity index (χ1) is 12.5. The van der Waals surface area contributed by atoms with Gasteiger partial charge in [-0.15, -0.1) is 0 Å². The molecular formula is C21H21F2O2Si. The molecule has 0 heterocycles. The molecule has 0 atom stereocenters. The lowest BCUT2D eigenvalue weighted by atomic mass is 9.79. The van der Waals surface area contributed by atoms with Crippen molar-refractivity contribution in [3.8, 4) is 5.75 Å². The molecule has 2 nitrogen and oxygen atoms in total. The summed E-state index contributed by atoms with van der Waals surface area (Å²) in [6.07, 6.45) is 4.73. The summed E-state index contributed by atoms with van der Waals surface area (Å²) in [5.74, 6) is -0.943. The third-order valence-electron chi connectivity index (χ3n) is 5.22. The van der Waals surface area contributed by atoms with Crippen molar-refractivity contribution in [1.29, 1.82) is 0 Å². The van der Waals surface area contributed by atoms with Gasteiger partial charge in [-0.1, -0.05) is 31.0 Å². The fourth-order valence-electron chi connectivity index (χ4n) is 3.44. The van der Waals surface area contributed by atoms with E-state index in [0.29, 0.717) is 11.5 Å². The Balaban J connectivity index is 1.66. The highest BCUT2D eigenvalue weighted by Gasteiger charge is 2.21. The molecular weight excluding hydrogens is 350 g/mol. The molecule has 0 saturated heterocycles. The smallest absolute Gasteiger partial charge is 0.343 e. The summed E-state index contributed by atoms with van der Waals surface area (Å²) >= 11 is 0. The molecule has 1 aliphatic rings. The van der Waals surface area contributed by atoms with E-state index in [-0.39, 0.29) is 11.3 Å². The predicted molar refractivity (Wildman–Crippen MR) is 97.8 cm³/mol. The van der Waals surface area contributed by atoms with Gasteiger partial charge in [-0.3, -0.25) is 0 Å². The number of halogens is 2. The molecule has 1 fully saturated rings. The maximum absolute atomic E-state index is 13.6. The van der Waals surface area contributed by atoms with Crippen LogP contribution in [-0.4, -0.2) is 16.2 Å². The molecule has 0 aromatic heterocycles. The maximum Gasteiger partial charge on any atom is 0.343 e. The van der Waals surface area contributed by atoms with E-state index in [1.165, 1.54) is 25.3 Å². The first-order valence-corrected chi connectivity index (χ1v) is 9.61. The zero-order valence-corrected chi connectivity index (χ0v) is 15.7. The standard InChI is InChI=1S/C21H21F2O2Si/c1-13-19(22)10-18(11-20(13)23)25-21(24)17-8-6-16(7-9-17)15-4-2-14(12-26)3-5-15/h6-11,14-15H,2-5,12H2,1H3. The van der Waals surface area contributed by atoms with Crippen LogP contribution in [0.15, 0.2) is 36.4 Å². The second kappa shape index (κ2) is 8.12. The van der Waals surface area contributed by atoms with Gasteiger partial charge in [0.1, 0.15) is 17.4 Å². The molecule has 26 heavy (non-hydrogen) atoms. The third-order valence-corrected chi connectivity index (χ3v) is 5.80. The van der Waals surface area contributed by atoms with Gasteiger partial charge in [0.05, 0.1) is 5.56 Å². The van der Waals surface area contributed by atoms with Gasteiger partial charge < -0.3 is 4.74 Å². The van der Waals surface area contributed by atoms with Crippen molar-refractivity contribution in [2.24, 2.45) is 5.92 Å². The second-order valence-corrected chi connectivity index (χ2v) is 7.35. The second-order valence-electron chi connectivity index (χ2n) is 6.95. The van der Waals surface area contributed by atoms with Crippen molar-refractivity contribution in [1.82, 2.24) is 0 Å². The van der Waals surface area contributed by atoms with Crippen molar-refractivity contribution < 1.29 is 18.3 Å². The Morgan fingerprint density at radius 1 is 1.08 bits per heavy atom. The van der Waals surface area contributed by atoms with E-state index in [9.17, 15) is 13.6 Å². The first kappa shape index (κ1) is 18.8. The monoisotopic (exact) mass is 371 g/mol. The summed E-state index contributed by atoms with van der Waals surface area (Å²) in [7, 11) is 3.60. The summed E-state index contributed by atoms with van der Waals surface area (Å²) in [5, 5.41) is 0. The number of benzene rings is 2. The average Bonchev–Trinajstić information content (AvgIpc) is 2.66. The predicted octanol–water partition coefficient (Wildman–Crippen LogP) is 5.35. The van der Waals surface area contributed by atoms with Gasteiger partial charge in [0.2, 0.25) is 0 Å². The van der Waals surface area contributed by atoms with Crippen LogP contribution in [0, 0.1) is 24.5 Å². The Bertz CT molecular complexity index is 758. The van der Waals surface area contributed by atoms with Crippen molar-refractivity contribution >= 4 is 16.2 Å². The Kier molecular flexibility index (Phi) is 5.86. The van der Waals surface area contributed by atoms with E-state index in [1.54, 1.807) is 12.1 Å². The molecule has 5 heteroatoms. The van der Waals surface area contributed by atoms with Gasteiger partial charge in [-0.25, -0.2) is 13.6 Å². The van der Waals surface area contributed by atoms with Crippen LogP contribution in [0.4, 0.5) is 8.78 Å². The Hall–Kier alpha value is -2.01. The molecule has 0 aliphatic heterocycles. The molecule has 0 spiro atoms. The Morgan fingerprint density at radius 3 is 2.19 bits per heavy atom. The van der Waals surface area contributed by atoms with E-state index in [4.69, 9.17) is 4.74 Å². The largest absolute Gasteiger partial charge is 0.423 e. The number of esters is 1. The number of rotatable bonds is 4. The van der Waals surface area contributed by atoms with Crippen LogP contribution in [0.2, 0.25) is 6.04 Å². The highest BCUT2D eigenvalue weighted by atomic mass is 28.1. The lowest BCUT2D eigenvalue weighted by Gasteiger charge is -2.28. The summed E-state index contributed by atoms with van der Waals surface area (Å²) < 4.78 is 32.2. The summed E-state index contributed by atoms with van der Waals surface area (Å²) in [4.78, 5) is 12.2. The molecule has 3 radical (unpaired) electrons. The van der Waals surface area contributed by atoms with Crippen molar-refractivity contribution in [2.75, 3.05) is 0 Å². The maximum atomic E-state index is 13.6. The van der Waals surface area contributed by atoms with Crippen molar-refractivity contribution in [2.45, 2.75) is 44.6 Å². The molecule has 0 bridgehead atoms. The average molecular weight is 371 g/mol. The molecule has 2 aromatic carbocycles. The molecule has 135 valence electrons. The molecule has 0 amide bonds. The molecule has 1 saturated carbocycles. The van der Waals surface area contributed by atoms with Gasteiger partial charge in [0, 0.05) is 27.9 Å². The normalized spacial score (nSPS) is 20.0. The van der Waals surface area contributed by atoms with Gasteiger partial charge in [-0.2, -0.15) is 0 Å². The van der Waals surface area contributed by atoms with E-state index < -0.39 is 17.6 Å². The quantitative estimate of drug-likeness (QED) is 0.411.